The number of carbonyl (C=O) groups excluding carboxylic acids is 1. The van der Waals surface area contributed by atoms with E-state index in [0.717, 1.165) is 11.6 Å². The highest BCUT2D eigenvalue weighted by Gasteiger charge is 2.48. The largest absolute Gasteiger partial charge is 0.478 e. The van der Waals surface area contributed by atoms with Crippen molar-refractivity contribution < 1.29 is 36.3 Å². The second-order valence-electron chi connectivity index (χ2n) is 8.39. The average Bonchev–Trinajstić information content (AvgIpc) is 3.03. The third-order valence-electron chi connectivity index (χ3n) is 6.24. The number of anilines is 1. The fourth-order valence-corrected chi connectivity index (χ4v) is 7.29. The van der Waals surface area contributed by atoms with Gasteiger partial charge in [0.25, 0.3) is 5.91 Å². The van der Waals surface area contributed by atoms with Crippen molar-refractivity contribution in [3.05, 3.63) is 71.1 Å². The number of hydrogen-bond donors (Lipinski definition) is 2. The second kappa shape index (κ2) is 8.66. The maximum Gasteiger partial charge on any atom is 0.328 e. The molecule has 4 rings (SSSR count). The summed E-state index contributed by atoms with van der Waals surface area (Å²) in [5, 5.41) is 10.6. The molecule has 2 aliphatic rings. The lowest BCUT2D eigenvalue weighted by atomic mass is 9.84. The Bertz CT molecular complexity index is 1240. The van der Waals surface area contributed by atoms with Crippen LogP contribution in [0.1, 0.15) is 36.0 Å². The Hall–Kier alpha value is -3.14. The maximum absolute atomic E-state index is 13.4. The zero-order chi connectivity index (χ0) is 23.9. The third-order valence-corrected chi connectivity index (χ3v) is 8.64. The highest BCUT2D eigenvalue weighted by Crippen LogP contribution is 2.49. The quantitative estimate of drug-likeness (QED) is 0.491. The monoisotopic (exact) mass is 479 g/mol. The van der Waals surface area contributed by atoms with Crippen LogP contribution in [0.4, 0.5) is 18.9 Å². The van der Waals surface area contributed by atoms with Crippen molar-refractivity contribution in [1.29, 1.82) is 0 Å². The number of amides is 1. The van der Waals surface area contributed by atoms with Gasteiger partial charge in [0.05, 0.1) is 10.1 Å². The van der Waals surface area contributed by atoms with E-state index in [1.54, 1.807) is 0 Å². The van der Waals surface area contributed by atoms with Gasteiger partial charge in [-0.2, -0.15) is 0 Å². The number of fused-ring (bicyclic) bond motifs is 2. The Balaban J connectivity index is 1.57. The minimum Gasteiger partial charge on any atom is -0.478 e. The van der Waals surface area contributed by atoms with E-state index in [0.29, 0.717) is 37.8 Å². The smallest absolute Gasteiger partial charge is 0.328 e. The predicted octanol–water partition coefficient (Wildman–Crippen LogP) is 4.33. The molecule has 0 aliphatic heterocycles. The van der Waals surface area contributed by atoms with Gasteiger partial charge in [-0.05, 0) is 55.7 Å². The fourth-order valence-electron chi connectivity index (χ4n) is 4.94. The van der Waals surface area contributed by atoms with Crippen LogP contribution in [0.5, 0.6) is 0 Å². The van der Waals surface area contributed by atoms with E-state index < -0.39 is 44.4 Å². The molecule has 2 bridgehead atoms. The van der Waals surface area contributed by atoms with Crippen LogP contribution in [0.25, 0.3) is 0 Å². The van der Waals surface area contributed by atoms with Crippen LogP contribution in [0.3, 0.4) is 0 Å². The zero-order valence-corrected chi connectivity index (χ0v) is 18.0. The number of benzene rings is 2. The van der Waals surface area contributed by atoms with Gasteiger partial charge in [-0.25, -0.2) is 26.4 Å². The predicted molar refractivity (Wildman–Crippen MR) is 113 cm³/mol. The molecule has 0 saturated heterocycles. The number of aliphatic carboxylic acids is 1. The van der Waals surface area contributed by atoms with Crippen LogP contribution in [0, 0.1) is 29.3 Å². The number of nitrogens with one attached hydrogen (secondary N) is 1. The number of carbonyl (C=O) groups is 2. The van der Waals surface area contributed by atoms with Crippen LogP contribution in [-0.2, 0) is 14.6 Å². The molecule has 2 saturated carbocycles. The van der Waals surface area contributed by atoms with E-state index >= 15 is 0 Å². The molecule has 33 heavy (non-hydrogen) atoms. The van der Waals surface area contributed by atoms with E-state index in [1.807, 2.05) is 0 Å². The van der Waals surface area contributed by atoms with Crippen LogP contribution < -0.4 is 5.32 Å². The van der Waals surface area contributed by atoms with Gasteiger partial charge in [-0.1, -0.05) is 11.6 Å². The Kier molecular flexibility index (Phi) is 6.04. The van der Waals surface area contributed by atoms with E-state index in [1.165, 1.54) is 24.3 Å². The standard InChI is InChI=1S/C23H20F3NO5S/c24-18-10-16(11-19(25)21(18)26)27-23(30)15-2-1-3-17(9-15)33(31,32)22-13-4-5-14(22)7-12(6-13)8-20(28)29/h1-3,8-11,13-14,22H,4-7H2,(H,27,30)(H,28,29)/t13-,14?,22?/m0/s1. The third kappa shape index (κ3) is 4.52. The summed E-state index contributed by atoms with van der Waals surface area (Å²) in [7, 11) is -3.82. The topological polar surface area (TPSA) is 101 Å². The maximum atomic E-state index is 13.4. The van der Waals surface area contributed by atoms with Gasteiger partial charge in [-0.3, -0.25) is 4.79 Å². The van der Waals surface area contributed by atoms with E-state index in [9.17, 15) is 31.2 Å². The van der Waals surface area contributed by atoms with E-state index in [2.05, 4.69) is 5.32 Å². The van der Waals surface area contributed by atoms with Crippen LogP contribution in [0.2, 0.25) is 0 Å². The summed E-state index contributed by atoms with van der Waals surface area (Å²) < 4.78 is 66.8. The molecule has 174 valence electrons. The molecule has 2 aliphatic carbocycles. The van der Waals surface area contributed by atoms with Gasteiger partial charge in [-0.15, -0.1) is 0 Å². The second-order valence-corrected chi connectivity index (χ2v) is 10.5. The first-order valence-corrected chi connectivity index (χ1v) is 11.8. The summed E-state index contributed by atoms with van der Waals surface area (Å²) in [5.41, 5.74) is 0.372. The Morgan fingerprint density at radius 3 is 2.18 bits per heavy atom. The molecule has 2 fully saturated rings. The Labute approximate surface area is 188 Å². The lowest BCUT2D eigenvalue weighted by Crippen LogP contribution is -2.35. The van der Waals surface area contributed by atoms with Crippen molar-refractivity contribution in [2.24, 2.45) is 11.8 Å². The van der Waals surface area contributed by atoms with Crippen molar-refractivity contribution in [2.45, 2.75) is 35.8 Å². The van der Waals surface area contributed by atoms with Crippen LogP contribution in [0.15, 0.2) is 52.9 Å². The number of carboxylic acid groups (broad SMARTS) is 1. The number of hydrogen-bond acceptors (Lipinski definition) is 4. The van der Waals surface area contributed by atoms with Crippen molar-refractivity contribution in [3.8, 4) is 0 Å². The molecule has 2 aromatic rings. The van der Waals surface area contributed by atoms with Crippen molar-refractivity contribution >= 4 is 27.4 Å². The van der Waals surface area contributed by atoms with Crippen LogP contribution in [-0.4, -0.2) is 30.7 Å². The molecule has 0 radical (unpaired) electrons. The molecule has 2 unspecified atom stereocenters. The first-order valence-electron chi connectivity index (χ1n) is 10.3. The molecule has 2 aromatic carbocycles. The molecule has 6 nitrogen and oxygen atoms in total. The van der Waals surface area contributed by atoms with E-state index in [-0.39, 0.29) is 28.0 Å². The SMILES string of the molecule is O=C(O)C=C1CC2CC[C@@H](C1)C2S(=O)(=O)c1cccc(C(=O)Nc2cc(F)c(F)c(F)c2)c1. The first-order chi connectivity index (χ1) is 15.6. The Morgan fingerprint density at radius 2 is 1.61 bits per heavy atom. The minimum atomic E-state index is -3.82. The molecule has 10 heteroatoms. The zero-order valence-electron chi connectivity index (χ0n) is 17.2. The van der Waals surface area contributed by atoms with Crippen molar-refractivity contribution in [3.63, 3.8) is 0 Å². The number of rotatable bonds is 5. The normalized spacial score (nSPS) is 23.5. The molecule has 1 amide bonds. The molecular weight excluding hydrogens is 459 g/mol. The van der Waals surface area contributed by atoms with Gasteiger partial charge >= 0.3 is 5.97 Å². The van der Waals surface area contributed by atoms with E-state index in [4.69, 9.17) is 5.11 Å². The summed E-state index contributed by atoms with van der Waals surface area (Å²) in [6.45, 7) is 0. The molecule has 2 N–H and O–H groups in total. The number of carboxylic acids is 1. The van der Waals surface area contributed by atoms with Gasteiger partial charge in [0.2, 0.25) is 0 Å². The number of halogens is 3. The molecule has 0 heterocycles. The van der Waals surface area contributed by atoms with Crippen LogP contribution >= 0.6 is 0 Å². The number of allylic oxidation sites excluding steroid dienone is 1. The Morgan fingerprint density at radius 1 is 1.00 bits per heavy atom. The summed E-state index contributed by atoms with van der Waals surface area (Å²) in [4.78, 5) is 23.5. The summed E-state index contributed by atoms with van der Waals surface area (Å²) in [6, 6.07) is 6.58. The highest BCUT2D eigenvalue weighted by atomic mass is 32.2. The average molecular weight is 479 g/mol. The van der Waals surface area contributed by atoms with Gasteiger partial charge < -0.3 is 10.4 Å². The molecule has 3 atom stereocenters. The summed E-state index contributed by atoms with van der Waals surface area (Å²) in [5.74, 6) is -6.87. The highest BCUT2D eigenvalue weighted by molar-refractivity contribution is 7.92. The van der Waals surface area contributed by atoms with Gasteiger partial charge in [0.1, 0.15) is 0 Å². The fraction of sp³-hybridized carbons (Fsp3) is 0.304. The lowest BCUT2D eigenvalue weighted by molar-refractivity contribution is -0.131. The van der Waals surface area contributed by atoms with Gasteiger partial charge in [0, 0.05) is 29.5 Å². The lowest BCUT2D eigenvalue weighted by Gasteiger charge is -2.31. The molecule has 0 aromatic heterocycles. The van der Waals surface area contributed by atoms with Crippen molar-refractivity contribution in [1.82, 2.24) is 0 Å². The first kappa shape index (κ1) is 23.0. The minimum absolute atomic E-state index is 0.0455. The van der Waals surface area contributed by atoms with Crippen molar-refractivity contribution in [2.75, 3.05) is 5.32 Å². The summed E-state index contributed by atoms with van der Waals surface area (Å²) >= 11 is 0. The molecular formula is C23H20F3NO5S. The summed E-state index contributed by atoms with van der Waals surface area (Å²) in [6.07, 6.45) is 3.30. The van der Waals surface area contributed by atoms with Gasteiger partial charge in [0.15, 0.2) is 27.3 Å². The molecule has 0 spiro atoms. The number of sulfone groups is 1.